The van der Waals surface area contributed by atoms with E-state index in [9.17, 15) is 8.78 Å². The number of halogens is 3. The molecule has 0 radical (unpaired) electrons. The monoisotopic (exact) mass is 336 g/mol. The molecule has 2 unspecified atom stereocenters. The molecule has 0 saturated heterocycles. The minimum absolute atomic E-state index is 0.170. The molecule has 0 aliphatic rings. The maximum Gasteiger partial charge on any atom is 0.251 e. The van der Waals surface area contributed by atoms with E-state index in [1.54, 1.807) is 6.92 Å². The first-order valence-corrected chi connectivity index (χ1v) is 6.89. The highest BCUT2D eigenvalue weighted by molar-refractivity contribution is 9.10. The number of hydrogen-bond acceptors (Lipinski definition) is 3. The van der Waals surface area contributed by atoms with Crippen molar-refractivity contribution in [2.75, 3.05) is 19.7 Å². The largest absolute Gasteiger partial charge is 0.395 e. The van der Waals surface area contributed by atoms with Crippen molar-refractivity contribution in [1.29, 1.82) is 0 Å². The Morgan fingerprint density at radius 2 is 2.11 bits per heavy atom. The summed E-state index contributed by atoms with van der Waals surface area (Å²) >= 11 is 3.36. The molecule has 0 amide bonds. The Bertz CT molecular complexity index is 391. The number of aliphatic hydroxyl groups is 1. The van der Waals surface area contributed by atoms with Gasteiger partial charge < -0.3 is 10.8 Å². The van der Waals surface area contributed by atoms with Gasteiger partial charge in [-0.05, 0) is 24.6 Å². The SMILES string of the molecule is CC(N)C(c1cccc(Br)c1)N(CCO)CC(F)F. The molecule has 0 aliphatic heterocycles. The number of alkyl halides is 2. The van der Waals surface area contributed by atoms with Crippen molar-refractivity contribution in [1.82, 2.24) is 4.90 Å². The van der Waals surface area contributed by atoms with Crippen molar-refractivity contribution in [3.05, 3.63) is 34.3 Å². The van der Waals surface area contributed by atoms with Crippen LogP contribution in [0.3, 0.4) is 0 Å². The maximum absolute atomic E-state index is 12.7. The molecule has 0 fully saturated rings. The van der Waals surface area contributed by atoms with Crippen molar-refractivity contribution in [3.63, 3.8) is 0 Å². The summed E-state index contributed by atoms with van der Waals surface area (Å²) in [5.74, 6) is 0. The lowest BCUT2D eigenvalue weighted by molar-refractivity contribution is 0.0487. The molecule has 1 aromatic carbocycles. The maximum atomic E-state index is 12.7. The molecule has 0 spiro atoms. The molecule has 0 saturated carbocycles. The van der Waals surface area contributed by atoms with Crippen LogP contribution < -0.4 is 5.73 Å². The first-order chi connectivity index (χ1) is 8.95. The van der Waals surface area contributed by atoms with Gasteiger partial charge in [0, 0.05) is 23.1 Å². The normalized spacial score (nSPS) is 14.9. The van der Waals surface area contributed by atoms with Crippen LogP contribution in [0, 0.1) is 0 Å². The molecule has 108 valence electrons. The number of nitrogens with zero attached hydrogens (tertiary/aromatic N) is 1. The number of nitrogens with two attached hydrogens (primary N) is 1. The predicted octanol–water partition coefficient (Wildman–Crippen LogP) is 2.40. The average molecular weight is 337 g/mol. The van der Waals surface area contributed by atoms with Crippen molar-refractivity contribution in [2.24, 2.45) is 5.73 Å². The van der Waals surface area contributed by atoms with Gasteiger partial charge in [0.25, 0.3) is 6.43 Å². The molecule has 6 heteroatoms. The second kappa shape index (κ2) is 7.89. The van der Waals surface area contributed by atoms with Crippen LogP contribution in [0.25, 0.3) is 0 Å². The van der Waals surface area contributed by atoms with Gasteiger partial charge in [0.1, 0.15) is 0 Å². The highest BCUT2D eigenvalue weighted by Crippen LogP contribution is 2.26. The second-order valence-electron chi connectivity index (χ2n) is 4.47. The lowest BCUT2D eigenvalue weighted by atomic mass is 9.99. The van der Waals surface area contributed by atoms with Crippen LogP contribution in [0.5, 0.6) is 0 Å². The van der Waals surface area contributed by atoms with E-state index in [-0.39, 0.29) is 25.2 Å². The third-order valence-electron chi connectivity index (χ3n) is 2.84. The van der Waals surface area contributed by atoms with Crippen LogP contribution in [0.2, 0.25) is 0 Å². The third kappa shape index (κ3) is 5.14. The Labute approximate surface area is 120 Å². The fourth-order valence-corrected chi connectivity index (χ4v) is 2.60. The summed E-state index contributed by atoms with van der Waals surface area (Å²) in [4.78, 5) is 1.52. The van der Waals surface area contributed by atoms with Gasteiger partial charge in [-0.1, -0.05) is 28.1 Å². The summed E-state index contributed by atoms with van der Waals surface area (Å²) in [5, 5.41) is 9.05. The van der Waals surface area contributed by atoms with Gasteiger partial charge in [-0.3, -0.25) is 4.90 Å². The Balaban J connectivity index is 3.02. The molecule has 0 aromatic heterocycles. The van der Waals surface area contributed by atoms with Gasteiger partial charge in [0.05, 0.1) is 13.2 Å². The molecule has 0 heterocycles. The standard InChI is InChI=1S/C13H19BrF2N2O/c1-9(17)13(10-3-2-4-11(14)7-10)18(5-6-19)8-12(15)16/h2-4,7,9,12-13,19H,5-6,8,17H2,1H3. The summed E-state index contributed by atoms with van der Waals surface area (Å²) in [6, 6.07) is 6.76. The molecule has 3 N–H and O–H groups in total. The quantitative estimate of drug-likeness (QED) is 0.803. The minimum atomic E-state index is -2.46. The lowest BCUT2D eigenvalue weighted by Gasteiger charge is -2.34. The third-order valence-corrected chi connectivity index (χ3v) is 3.33. The summed E-state index contributed by atoms with van der Waals surface area (Å²) in [6.07, 6.45) is -2.46. The van der Waals surface area contributed by atoms with Crippen LogP contribution >= 0.6 is 15.9 Å². The molecule has 1 rings (SSSR count). The lowest BCUT2D eigenvalue weighted by Crippen LogP contribution is -2.43. The minimum Gasteiger partial charge on any atom is -0.395 e. The fraction of sp³-hybridized carbons (Fsp3) is 0.538. The van der Waals surface area contributed by atoms with E-state index in [4.69, 9.17) is 10.8 Å². The molecule has 3 nitrogen and oxygen atoms in total. The van der Waals surface area contributed by atoms with E-state index in [2.05, 4.69) is 15.9 Å². The topological polar surface area (TPSA) is 49.5 Å². The summed E-state index contributed by atoms with van der Waals surface area (Å²) < 4.78 is 26.2. The van der Waals surface area contributed by atoms with E-state index in [1.165, 1.54) is 4.90 Å². The first kappa shape index (κ1) is 16.5. The van der Waals surface area contributed by atoms with Crippen LogP contribution in [-0.2, 0) is 0 Å². The summed E-state index contributed by atoms with van der Waals surface area (Å²) in [6.45, 7) is 1.37. The molecular weight excluding hydrogens is 318 g/mol. The van der Waals surface area contributed by atoms with Gasteiger partial charge in [-0.25, -0.2) is 8.78 Å². The average Bonchev–Trinajstić information content (AvgIpc) is 2.28. The molecule has 0 bridgehead atoms. The van der Waals surface area contributed by atoms with Crippen molar-refractivity contribution in [3.8, 4) is 0 Å². The van der Waals surface area contributed by atoms with Crippen LogP contribution in [-0.4, -0.2) is 42.2 Å². The first-order valence-electron chi connectivity index (χ1n) is 6.09. The fourth-order valence-electron chi connectivity index (χ4n) is 2.19. The van der Waals surface area contributed by atoms with Gasteiger partial charge in [0.15, 0.2) is 0 Å². The molecular formula is C13H19BrF2N2O. The van der Waals surface area contributed by atoms with Crippen LogP contribution in [0.1, 0.15) is 18.5 Å². The van der Waals surface area contributed by atoms with Crippen molar-refractivity contribution < 1.29 is 13.9 Å². The zero-order valence-corrected chi connectivity index (χ0v) is 12.4. The van der Waals surface area contributed by atoms with Gasteiger partial charge in [0.2, 0.25) is 0 Å². The van der Waals surface area contributed by atoms with Gasteiger partial charge >= 0.3 is 0 Å². The van der Waals surface area contributed by atoms with Gasteiger partial charge in [-0.15, -0.1) is 0 Å². The highest BCUT2D eigenvalue weighted by atomic mass is 79.9. The molecule has 0 aliphatic carbocycles. The zero-order valence-electron chi connectivity index (χ0n) is 10.8. The number of hydrogen-bond donors (Lipinski definition) is 2. The summed E-state index contributed by atoms with van der Waals surface area (Å²) in [7, 11) is 0. The Hall–Kier alpha value is -0.560. The van der Waals surface area contributed by atoms with Crippen LogP contribution in [0.15, 0.2) is 28.7 Å². The van der Waals surface area contributed by atoms with Crippen molar-refractivity contribution >= 4 is 15.9 Å². The van der Waals surface area contributed by atoms with E-state index < -0.39 is 13.0 Å². The van der Waals surface area contributed by atoms with Crippen molar-refractivity contribution in [2.45, 2.75) is 25.4 Å². The Morgan fingerprint density at radius 3 is 2.58 bits per heavy atom. The summed E-state index contributed by atoms with van der Waals surface area (Å²) in [5.41, 5.74) is 6.80. The smallest absolute Gasteiger partial charge is 0.251 e. The van der Waals surface area contributed by atoms with E-state index >= 15 is 0 Å². The highest BCUT2D eigenvalue weighted by Gasteiger charge is 2.26. The van der Waals surface area contributed by atoms with E-state index in [0.29, 0.717) is 0 Å². The molecule has 19 heavy (non-hydrogen) atoms. The van der Waals surface area contributed by atoms with Crippen LogP contribution in [0.4, 0.5) is 8.78 Å². The van der Waals surface area contributed by atoms with E-state index in [0.717, 1.165) is 10.0 Å². The second-order valence-corrected chi connectivity index (χ2v) is 5.38. The molecule has 2 atom stereocenters. The number of aliphatic hydroxyl groups excluding tert-OH is 1. The molecule has 1 aromatic rings. The Morgan fingerprint density at radius 1 is 1.42 bits per heavy atom. The predicted molar refractivity (Wildman–Crippen MR) is 75.2 cm³/mol. The number of benzene rings is 1. The van der Waals surface area contributed by atoms with Gasteiger partial charge in [-0.2, -0.15) is 0 Å². The zero-order chi connectivity index (χ0) is 14.4. The van der Waals surface area contributed by atoms with E-state index in [1.807, 2.05) is 24.3 Å². The number of rotatable bonds is 7. The Kier molecular flexibility index (Phi) is 6.85.